The predicted octanol–water partition coefficient (Wildman–Crippen LogP) is -0.604. The number of hydrogen-bond donors (Lipinski definition) is 10. The summed E-state index contributed by atoms with van der Waals surface area (Å²) in [5, 5.41) is 18.9. The second-order valence-corrected chi connectivity index (χ2v) is 8.88. The monoisotopic (exact) mass is 602 g/mol. The molecule has 2 atom stereocenters. The highest BCUT2D eigenvalue weighted by molar-refractivity contribution is 5.96. The van der Waals surface area contributed by atoms with Gasteiger partial charge in [-0.2, -0.15) is 0 Å². The maximum absolute atomic E-state index is 11.0. The lowest BCUT2D eigenvalue weighted by atomic mass is 10.1. The number of nitrogens with one attached hydrogen (secondary N) is 1. The van der Waals surface area contributed by atoms with E-state index < -0.39 is 42.1 Å². The molecule has 0 aliphatic carbocycles. The van der Waals surface area contributed by atoms with Gasteiger partial charge in [-0.15, -0.1) is 0 Å². The molecule has 1 aromatic carbocycles. The van der Waals surface area contributed by atoms with Gasteiger partial charge >= 0.3 is 30.0 Å². The van der Waals surface area contributed by atoms with Crippen molar-refractivity contribution in [2.45, 2.75) is 64.5 Å². The number of nitrogen functional groups attached to an aromatic ring is 1. The van der Waals surface area contributed by atoms with Crippen LogP contribution in [0.3, 0.4) is 0 Å². The third-order valence-corrected chi connectivity index (χ3v) is 4.78. The Balaban J connectivity index is -0.000000493. The van der Waals surface area contributed by atoms with E-state index >= 15 is 0 Å². The Morgan fingerprint density at radius 3 is 1.76 bits per heavy atom. The van der Waals surface area contributed by atoms with Crippen LogP contribution in [0, 0.1) is 5.92 Å². The van der Waals surface area contributed by atoms with E-state index in [-0.39, 0.29) is 17.4 Å². The zero-order valence-electron chi connectivity index (χ0n) is 24.0. The number of unbranched alkanes of at least 4 members (excludes halogenated alkanes) is 2. The molecule has 0 heterocycles. The number of primary amides is 3. The number of anilines is 1. The van der Waals surface area contributed by atoms with Gasteiger partial charge in [0.2, 0.25) is 5.91 Å². The van der Waals surface area contributed by atoms with Crippen molar-refractivity contribution in [2.75, 3.05) is 18.8 Å². The van der Waals surface area contributed by atoms with Crippen molar-refractivity contribution < 1.29 is 43.7 Å². The molecule has 17 N–H and O–H groups in total. The molecule has 0 radical (unpaired) electrons. The van der Waals surface area contributed by atoms with Crippen LogP contribution in [0.1, 0.15) is 62.7 Å². The van der Waals surface area contributed by atoms with Crippen LogP contribution in [0.2, 0.25) is 0 Å². The van der Waals surface area contributed by atoms with Gasteiger partial charge in [0.25, 0.3) is 0 Å². The minimum absolute atomic E-state index is 0.0208. The number of carbonyl (C=O) groups excluding carboxylic acids is 4. The zero-order chi connectivity index (χ0) is 33.3. The molecule has 17 nitrogen and oxygen atoms in total. The number of carboxylic acids is 2. The van der Waals surface area contributed by atoms with E-state index in [1.165, 1.54) is 24.3 Å². The number of benzene rings is 1. The van der Waals surface area contributed by atoms with Crippen LogP contribution in [0.5, 0.6) is 0 Å². The van der Waals surface area contributed by atoms with Gasteiger partial charge < -0.3 is 60.4 Å². The summed E-state index contributed by atoms with van der Waals surface area (Å²) in [7, 11) is 0. The molecular weight excluding hydrogens is 556 g/mol. The van der Waals surface area contributed by atoms with Crippen molar-refractivity contribution in [1.29, 1.82) is 0 Å². The molecule has 1 aromatic rings. The van der Waals surface area contributed by atoms with E-state index in [4.69, 9.17) is 44.6 Å². The molecule has 0 aliphatic heterocycles. The van der Waals surface area contributed by atoms with Gasteiger partial charge in [-0.05, 0) is 62.4 Å². The summed E-state index contributed by atoms with van der Waals surface area (Å²) in [5.74, 6) is -2.94. The van der Waals surface area contributed by atoms with Gasteiger partial charge in [0.1, 0.15) is 12.1 Å². The first kappa shape index (κ1) is 42.0. The van der Waals surface area contributed by atoms with Gasteiger partial charge in [-0.3, -0.25) is 14.4 Å². The number of ether oxygens (including phenoxy) is 1. The van der Waals surface area contributed by atoms with E-state index in [1.54, 1.807) is 13.8 Å². The number of amides is 4. The topological polar surface area (TPSA) is 346 Å². The molecular formula is C25H46N8O9. The average Bonchev–Trinajstić information content (AvgIpc) is 2.89. The normalized spacial score (nSPS) is 11.0. The van der Waals surface area contributed by atoms with Crippen LogP contribution < -0.4 is 45.5 Å². The van der Waals surface area contributed by atoms with Crippen molar-refractivity contribution >= 4 is 41.6 Å². The SMILES string of the molecule is CC(C)C(N)C(=O)O.NC(=O)NCCCC(N)C(=O)O.NC(=O)OC(=O)c1ccc(N)cc1.NCCCCCC(N)=O. The first-order chi connectivity index (χ1) is 19.5. The van der Waals surface area contributed by atoms with Crippen LogP contribution in [0.4, 0.5) is 15.3 Å². The quantitative estimate of drug-likeness (QED) is 0.0583. The van der Waals surface area contributed by atoms with Crippen molar-refractivity contribution in [3.63, 3.8) is 0 Å². The van der Waals surface area contributed by atoms with E-state index in [0.29, 0.717) is 38.0 Å². The molecule has 0 saturated heterocycles. The molecule has 2 unspecified atom stereocenters. The Morgan fingerprint density at radius 1 is 0.857 bits per heavy atom. The predicted molar refractivity (Wildman–Crippen MR) is 155 cm³/mol. The molecule has 0 bridgehead atoms. The van der Waals surface area contributed by atoms with Crippen LogP contribution in [0.15, 0.2) is 24.3 Å². The lowest BCUT2D eigenvalue weighted by Gasteiger charge is -2.07. The molecule has 0 saturated carbocycles. The second-order valence-electron chi connectivity index (χ2n) is 8.88. The van der Waals surface area contributed by atoms with Crippen molar-refractivity contribution in [3.05, 3.63) is 29.8 Å². The first-order valence-electron chi connectivity index (χ1n) is 12.8. The Kier molecular flexibility index (Phi) is 25.5. The van der Waals surface area contributed by atoms with E-state index in [2.05, 4.69) is 15.8 Å². The van der Waals surface area contributed by atoms with E-state index in [1.807, 2.05) is 0 Å². The number of nitrogens with two attached hydrogens (primary N) is 7. The smallest absolute Gasteiger partial charge is 0.412 e. The number of carbonyl (C=O) groups is 6. The lowest BCUT2D eigenvalue weighted by molar-refractivity contribution is -0.140. The molecule has 4 amide bonds. The van der Waals surface area contributed by atoms with Crippen molar-refractivity contribution in [2.24, 2.45) is 40.3 Å². The molecule has 0 fully saturated rings. The fourth-order valence-electron chi connectivity index (χ4n) is 2.33. The molecule has 42 heavy (non-hydrogen) atoms. The van der Waals surface area contributed by atoms with Crippen molar-refractivity contribution in [3.8, 4) is 0 Å². The number of aliphatic carboxylic acids is 2. The summed E-state index contributed by atoms with van der Waals surface area (Å²) in [6.07, 6.45) is 3.10. The van der Waals surface area contributed by atoms with Gasteiger partial charge in [-0.1, -0.05) is 20.3 Å². The minimum Gasteiger partial charge on any atom is -0.480 e. The highest BCUT2D eigenvalue weighted by Crippen LogP contribution is 2.06. The summed E-state index contributed by atoms with van der Waals surface area (Å²) in [5.41, 5.74) is 36.0. The zero-order valence-corrected chi connectivity index (χ0v) is 24.0. The number of carboxylic acid groups (broad SMARTS) is 2. The Morgan fingerprint density at radius 2 is 1.40 bits per heavy atom. The molecule has 1 rings (SSSR count). The maximum Gasteiger partial charge on any atom is 0.412 e. The Bertz CT molecular complexity index is 960. The number of rotatable bonds is 13. The first-order valence-corrected chi connectivity index (χ1v) is 12.8. The molecule has 0 aliphatic rings. The minimum atomic E-state index is -1.12. The van der Waals surface area contributed by atoms with E-state index in [9.17, 15) is 28.8 Å². The third kappa shape index (κ3) is 28.5. The lowest BCUT2D eigenvalue weighted by Crippen LogP contribution is -2.34. The van der Waals surface area contributed by atoms with Gasteiger partial charge in [0.15, 0.2) is 0 Å². The summed E-state index contributed by atoms with van der Waals surface area (Å²) in [6.45, 7) is 4.62. The fraction of sp³-hybridized carbons (Fsp3) is 0.520. The standard InChI is InChI=1S/C8H8N2O3.C6H13N3O3.C6H14N2O.C5H11NO2/c9-6-3-1-5(2-4-6)7(11)13-8(10)12;7-4(5(10)11)2-1-3-9-6(8)12;7-5-3-1-2-4-6(8)9;1-3(2)4(6)5(7)8/h1-4H,9H2,(H2,10,12);4H,1-3,7H2,(H,10,11)(H3,8,9,12);1-5,7H2,(H2,8,9);3-4H,6H2,1-2H3,(H,7,8). The number of urea groups is 1. The van der Waals surface area contributed by atoms with Crippen LogP contribution in [-0.2, 0) is 19.1 Å². The van der Waals surface area contributed by atoms with Crippen LogP contribution in [0.25, 0.3) is 0 Å². The Labute approximate surface area is 244 Å². The number of hydrogen-bond acceptors (Lipinski definition) is 11. The highest BCUT2D eigenvalue weighted by atomic mass is 16.6. The second kappa shape index (κ2) is 25.5. The third-order valence-electron chi connectivity index (χ3n) is 4.78. The van der Waals surface area contributed by atoms with Crippen LogP contribution in [-0.4, -0.2) is 71.3 Å². The van der Waals surface area contributed by atoms with Crippen LogP contribution >= 0.6 is 0 Å². The molecule has 0 spiro atoms. The average molecular weight is 603 g/mol. The van der Waals surface area contributed by atoms with E-state index in [0.717, 1.165) is 19.3 Å². The highest BCUT2D eigenvalue weighted by Gasteiger charge is 2.14. The van der Waals surface area contributed by atoms with Gasteiger partial charge in [-0.25, -0.2) is 14.4 Å². The van der Waals surface area contributed by atoms with Gasteiger partial charge in [0, 0.05) is 18.7 Å². The molecule has 17 heteroatoms. The summed E-state index contributed by atoms with van der Waals surface area (Å²) in [4.78, 5) is 61.7. The summed E-state index contributed by atoms with van der Waals surface area (Å²) >= 11 is 0. The summed E-state index contributed by atoms with van der Waals surface area (Å²) < 4.78 is 4.14. The molecule has 0 aromatic heterocycles. The summed E-state index contributed by atoms with van der Waals surface area (Å²) in [6, 6.07) is 3.75. The van der Waals surface area contributed by atoms with Crippen molar-refractivity contribution in [1.82, 2.24) is 5.32 Å². The fourth-order valence-corrected chi connectivity index (χ4v) is 2.33. The molecule has 240 valence electrons. The van der Waals surface area contributed by atoms with Gasteiger partial charge in [0.05, 0.1) is 5.56 Å². The maximum atomic E-state index is 11.0. The Hall–Kier alpha value is -4.48. The largest absolute Gasteiger partial charge is 0.480 e. The number of esters is 1.